The Morgan fingerprint density at radius 2 is 1.79 bits per heavy atom. The lowest BCUT2D eigenvalue weighted by Gasteiger charge is -2.15. The molecule has 1 N–H and O–H groups in total. The SMILES string of the molecule is CC(C)CNC(=O)CN1C(=O)C2CC=CCC2C1=O. The molecule has 1 heterocycles. The van der Waals surface area contributed by atoms with Gasteiger partial charge in [0, 0.05) is 6.54 Å². The van der Waals surface area contributed by atoms with Crippen LogP contribution in [0.4, 0.5) is 0 Å². The van der Waals surface area contributed by atoms with Crippen LogP contribution in [0.3, 0.4) is 0 Å². The van der Waals surface area contributed by atoms with Gasteiger partial charge < -0.3 is 5.32 Å². The summed E-state index contributed by atoms with van der Waals surface area (Å²) in [6, 6.07) is 0. The number of nitrogens with one attached hydrogen (secondary N) is 1. The summed E-state index contributed by atoms with van der Waals surface area (Å²) in [6.45, 7) is 4.40. The summed E-state index contributed by atoms with van der Waals surface area (Å²) in [5, 5.41) is 2.73. The van der Waals surface area contributed by atoms with Crippen molar-refractivity contribution in [1.29, 1.82) is 0 Å². The van der Waals surface area contributed by atoms with E-state index in [0.717, 1.165) is 4.90 Å². The first-order valence-electron chi connectivity index (χ1n) is 6.77. The minimum atomic E-state index is -0.262. The largest absolute Gasteiger partial charge is 0.354 e. The van der Waals surface area contributed by atoms with Crippen molar-refractivity contribution in [2.24, 2.45) is 17.8 Å². The lowest BCUT2D eigenvalue weighted by atomic mass is 9.85. The molecule has 19 heavy (non-hydrogen) atoms. The topological polar surface area (TPSA) is 66.5 Å². The standard InChI is InChI=1S/C14H20N2O3/c1-9(2)7-15-12(17)8-16-13(18)10-5-3-4-6-11(10)14(16)19/h3-4,9-11H,5-8H2,1-2H3,(H,15,17). The van der Waals surface area contributed by atoms with Crippen molar-refractivity contribution in [2.45, 2.75) is 26.7 Å². The van der Waals surface area contributed by atoms with Crippen molar-refractivity contribution in [3.8, 4) is 0 Å². The third-order valence-corrected chi connectivity index (χ3v) is 3.61. The van der Waals surface area contributed by atoms with Gasteiger partial charge in [-0.05, 0) is 18.8 Å². The Labute approximate surface area is 113 Å². The normalized spacial score (nSPS) is 25.9. The summed E-state index contributed by atoms with van der Waals surface area (Å²) in [7, 11) is 0. The van der Waals surface area contributed by atoms with Gasteiger partial charge in [-0.3, -0.25) is 19.3 Å². The number of fused-ring (bicyclic) bond motifs is 1. The monoisotopic (exact) mass is 264 g/mol. The molecule has 0 aromatic rings. The fourth-order valence-corrected chi connectivity index (χ4v) is 2.54. The Bertz CT molecular complexity index is 402. The van der Waals surface area contributed by atoms with E-state index in [-0.39, 0.29) is 36.1 Å². The fraction of sp³-hybridized carbons (Fsp3) is 0.643. The third-order valence-electron chi connectivity index (χ3n) is 3.61. The first kappa shape index (κ1) is 13.8. The Kier molecular flexibility index (Phi) is 4.02. The average molecular weight is 264 g/mol. The second-order valence-electron chi connectivity index (χ2n) is 5.62. The second kappa shape index (κ2) is 5.55. The molecule has 0 saturated carbocycles. The molecule has 2 atom stereocenters. The molecular formula is C14H20N2O3. The quantitative estimate of drug-likeness (QED) is 0.600. The van der Waals surface area contributed by atoms with Crippen molar-refractivity contribution < 1.29 is 14.4 Å². The first-order chi connectivity index (χ1) is 9.00. The molecule has 1 fully saturated rings. The lowest BCUT2D eigenvalue weighted by Crippen LogP contribution is -2.41. The van der Waals surface area contributed by atoms with E-state index in [1.165, 1.54) is 0 Å². The highest BCUT2D eigenvalue weighted by Gasteiger charge is 2.47. The average Bonchev–Trinajstić information content (AvgIpc) is 2.62. The minimum absolute atomic E-state index is 0.141. The van der Waals surface area contributed by atoms with Crippen LogP contribution in [0.1, 0.15) is 26.7 Å². The maximum Gasteiger partial charge on any atom is 0.240 e. The van der Waals surface area contributed by atoms with Crippen LogP contribution in [0.2, 0.25) is 0 Å². The molecular weight excluding hydrogens is 244 g/mol. The first-order valence-corrected chi connectivity index (χ1v) is 6.77. The molecule has 1 saturated heterocycles. The Morgan fingerprint density at radius 3 is 2.26 bits per heavy atom. The van der Waals surface area contributed by atoms with E-state index in [9.17, 15) is 14.4 Å². The maximum absolute atomic E-state index is 12.1. The van der Waals surface area contributed by atoms with E-state index >= 15 is 0 Å². The number of hydrogen-bond acceptors (Lipinski definition) is 3. The van der Waals surface area contributed by atoms with Gasteiger partial charge in [-0.25, -0.2) is 0 Å². The van der Waals surface area contributed by atoms with Gasteiger partial charge in [0.1, 0.15) is 6.54 Å². The van der Waals surface area contributed by atoms with E-state index < -0.39 is 0 Å². The number of carbonyl (C=O) groups is 3. The number of amides is 3. The zero-order chi connectivity index (χ0) is 14.0. The van der Waals surface area contributed by atoms with Crippen molar-refractivity contribution in [1.82, 2.24) is 10.2 Å². The molecule has 1 aliphatic carbocycles. The van der Waals surface area contributed by atoms with Gasteiger partial charge in [0.2, 0.25) is 17.7 Å². The number of hydrogen-bond donors (Lipinski definition) is 1. The van der Waals surface area contributed by atoms with E-state index in [2.05, 4.69) is 5.32 Å². The van der Waals surface area contributed by atoms with E-state index in [1.54, 1.807) is 0 Å². The summed E-state index contributed by atoms with van der Waals surface area (Å²) < 4.78 is 0. The van der Waals surface area contributed by atoms with Crippen molar-refractivity contribution in [3.63, 3.8) is 0 Å². The Hall–Kier alpha value is -1.65. The van der Waals surface area contributed by atoms with Crippen LogP contribution in [-0.2, 0) is 14.4 Å². The van der Waals surface area contributed by atoms with Gasteiger partial charge in [-0.1, -0.05) is 26.0 Å². The highest BCUT2D eigenvalue weighted by Crippen LogP contribution is 2.34. The lowest BCUT2D eigenvalue weighted by molar-refractivity contribution is -0.143. The molecule has 5 nitrogen and oxygen atoms in total. The van der Waals surface area contributed by atoms with Crippen LogP contribution < -0.4 is 5.32 Å². The number of nitrogens with zero attached hydrogens (tertiary/aromatic N) is 1. The van der Waals surface area contributed by atoms with E-state index in [4.69, 9.17) is 0 Å². The zero-order valence-corrected chi connectivity index (χ0v) is 11.4. The summed E-state index contributed by atoms with van der Waals surface area (Å²) in [4.78, 5) is 37.1. The van der Waals surface area contributed by atoms with Crippen LogP contribution in [-0.4, -0.2) is 35.7 Å². The summed E-state index contributed by atoms with van der Waals surface area (Å²) >= 11 is 0. The number of likely N-dealkylation sites (tertiary alicyclic amines) is 1. The molecule has 0 aromatic carbocycles. The van der Waals surface area contributed by atoms with Gasteiger partial charge in [-0.2, -0.15) is 0 Å². The number of imide groups is 1. The molecule has 1 aliphatic heterocycles. The van der Waals surface area contributed by atoms with Crippen molar-refractivity contribution >= 4 is 17.7 Å². The molecule has 0 spiro atoms. The Morgan fingerprint density at radius 1 is 1.26 bits per heavy atom. The maximum atomic E-state index is 12.1. The van der Waals surface area contributed by atoms with Gasteiger partial charge in [0.05, 0.1) is 11.8 Å². The van der Waals surface area contributed by atoms with Gasteiger partial charge >= 0.3 is 0 Å². The summed E-state index contributed by atoms with van der Waals surface area (Å²) in [5.41, 5.74) is 0. The third kappa shape index (κ3) is 2.85. The van der Waals surface area contributed by atoms with Gasteiger partial charge in [0.15, 0.2) is 0 Å². The predicted octanol–water partition coefficient (Wildman–Crippen LogP) is 0.710. The molecule has 2 unspecified atom stereocenters. The van der Waals surface area contributed by atoms with Gasteiger partial charge in [-0.15, -0.1) is 0 Å². The zero-order valence-electron chi connectivity index (χ0n) is 11.4. The second-order valence-corrected chi connectivity index (χ2v) is 5.62. The van der Waals surface area contributed by atoms with Gasteiger partial charge in [0.25, 0.3) is 0 Å². The predicted molar refractivity (Wildman–Crippen MR) is 69.9 cm³/mol. The van der Waals surface area contributed by atoms with Crippen LogP contribution in [0.25, 0.3) is 0 Å². The van der Waals surface area contributed by atoms with Crippen LogP contribution in [0, 0.1) is 17.8 Å². The number of rotatable bonds is 4. The molecule has 104 valence electrons. The van der Waals surface area contributed by atoms with E-state index in [1.807, 2.05) is 26.0 Å². The van der Waals surface area contributed by atoms with Crippen molar-refractivity contribution in [3.05, 3.63) is 12.2 Å². The minimum Gasteiger partial charge on any atom is -0.354 e. The fourth-order valence-electron chi connectivity index (χ4n) is 2.54. The summed E-state index contributed by atoms with van der Waals surface area (Å²) in [5.74, 6) is -0.813. The highest BCUT2D eigenvalue weighted by molar-refractivity contribution is 6.07. The molecule has 0 bridgehead atoms. The molecule has 0 radical (unpaired) electrons. The van der Waals surface area contributed by atoms with Crippen LogP contribution >= 0.6 is 0 Å². The van der Waals surface area contributed by atoms with Crippen molar-refractivity contribution in [2.75, 3.05) is 13.1 Å². The molecule has 0 aromatic heterocycles. The molecule has 2 rings (SSSR count). The Balaban J connectivity index is 1.96. The molecule has 2 aliphatic rings. The summed E-state index contributed by atoms with van der Waals surface area (Å²) in [6.07, 6.45) is 5.10. The van der Waals surface area contributed by atoms with E-state index in [0.29, 0.717) is 25.3 Å². The van der Waals surface area contributed by atoms with Crippen LogP contribution in [0.5, 0.6) is 0 Å². The van der Waals surface area contributed by atoms with Crippen LogP contribution in [0.15, 0.2) is 12.2 Å². The smallest absolute Gasteiger partial charge is 0.240 e. The highest BCUT2D eigenvalue weighted by atomic mass is 16.2. The number of allylic oxidation sites excluding steroid dienone is 2. The molecule has 5 heteroatoms. The number of carbonyl (C=O) groups excluding carboxylic acids is 3. The molecule has 3 amide bonds.